The Kier molecular flexibility index (Phi) is 6.95. The summed E-state index contributed by atoms with van der Waals surface area (Å²) in [5.41, 5.74) is 4.47. The van der Waals surface area contributed by atoms with E-state index in [4.69, 9.17) is 4.74 Å². The van der Waals surface area contributed by atoms with E-state index in [9.17, 15) is 4.79 Å². The van der Waals surface area contributed by atoms with Gasteiger partial charge in [0.05, 0.1) is 7.11 Å². The molecule has 0 aliphatic carbocycles. The lowest BCUT2D eigenvalue weighted by Crippen LogP contribution is -2.52. The quantitative estimate of drug-likeness (QED) is 0.603. The third-order valence-corrected chi connectivity index (χ3v) is 5.98. The molecule has 1 heterocycles. The van der Waals surface area contributed by atoms with Crippen LogP contribution in [0.1, 0.15) is 18.1 Å². The predicted molar refractivity (Wildman–Crippen MR) is 131 cm³/mol. The van der Waals surface area contributed by atoms with Crippen molar-refractivity contribution < 1.29 is 9.53 Å². The predicted octanol–water partition coefficient (Wildman–Crippen LogP) is 4.44. The number of amides is 1. The highest BCUT2D eigenvalue weighted by molar-refractivity contribution is 5.84. The van der Waals surface area contributed by atoms with E-state index in [0.29, 0.717) is 0 Å². The second-order valence-corrected chi connectivity index (χ2v) is 8.20. The first-order valence-electron chi connectivity index (χ1n) is 11.2. The Balaban J connectivity index is 1.37. The number of anilines is 2. The highest BCUT2D eigenvalue weighted by Gasteiger charge is 2.25. The standard InChI is InChI=1S/C27H31N3O2/c1-21(27(31)30-17-15-29(16-18-30)25-11-7-4-8-12-25)28-24-13-14-26(32-2)23(20-24)19-22-9-5-3-6-10-22/h3-14,20-21,28H,15-19H2,1-2H3. The second kappa shape index (κ2) is 10.2. The number of nitrogens with zero attached hydrogens (tertiary/aromatic N) is 2. The number of hydrogen-bond donors (Lipinski definition) is 1. The Morgan fingerprint density at radius 2 is 1.59 bits per heavy atom. The van der Waals surface area contributed by atoms with Gasteiger partial charge in [-0.3, -0.25) is 4.79 Å². The average molecular weight is 430 g/mol. The van der Waals surface area contributed by atoms with E-state index in [0.717, 1.165) is 49.6 Å². The van der Waals surface area contributed by atoms with Gasteiger partial charge in [-0.05, 0) is 42.8 Å². The van der Waals surface area contributed by atoms with E-state index < -0.39 is 0 Å². The number of nitrogens with one attached hydrogen (secondary N) is 1. The van der Waals surface area contributed by atoms with Crippen molar-refractivity contribution >= 4 is 17.3 Å². The third kappa shape index (κ3) is 5.22. The molecule has 5 heteroatoms. The van der Waals surface area contributed by atoms with Crippen molar-refractivity contribution in [1.29, 1.82) is 0 Å². The van der Waals surface area contributed by atoms with Gasteiger partial charge in [0.2, 0.25) is 5.91 Å². The number of hydrogen-bond acceptors (Lipinski definition) is 4. The van der Waals surface area contributed by atoms with Crippen LogP contribution in [0, 0.1) is 0 Å². The molecule has 1 aliphatic heterocycles. The molecule has 1 fully saturated rings. The number of para-hydroxylation sites is 1. The molecule has 0 aromatic heterocycles. The smallest absolute Gasteiger partial charge is 0.244 e. The van der Waals surface area contributed by atoms with Gasteiger partial charge in [0, 0.05) is 49.5 Å². The second-order valence-electron chi connectivity index (χ2n) is 8.20. The lowest BCUT2D eigenvalue weighted by molar-refractivity contribution is -0.131. The van der Waals surface area contributed by atoms with E-state index in [2.05, 4.69) is 52.7 Å². The molecule has 0 spiro atoms. The van der Waals surface area contributed by atoms with Gasteiger partial charge in [-0.15, -0.1) is 0 Å². The van der Waals surface area contributed by atoms with Crippen LogP contribution >= 0.6 is 0 Å². The number of methoxy groups -OCH3 is 1. The summed E-state index contributed by atoms with van der Waals surface area (Å²) in [7, 11) is 1.69. The van der Waals surface area contributed by atoms with Crippen molar-refractivity contribution in [2.24, 2.45) is 0 Å². The van der Waals surface area contributed by atoms with Crippen LogP contribution in [-0.4, -0.2) is 50.1 Å². The first-order chi connectivity index (χ1) is 15.6. The zero-order valence-electron chi connectivity index (χ0n) is 18.8. The summed E-state index contributed by atoms with van der Waals surface area (Å²) in [4.78, 5) is 17.4. The Morgan fingerprint density at radius 3 is 2.25 bits per heavy atom. The number of ether oxygens (including phenoxy) is 1. The van der Waals surface area contributed by atoms with Crippen LogP contribution in [0.15, 0.2) is 78.9 Å². The van der Waals surface area contributed by atoms with Crippen molar-refractivity contribution in [3.05, 3.63) is 90.0 Å². The fourth-order valence-corrected chi connectivity index (χ4v) is 4.23. The van der Waals surface area contributed by atoms with Crippen LogP contribution in [-0.2, 0) is 11.2 Å². The van der Waals surface area contributed by atoms with Crippen LogP contribution in [0.3, 0.4) is 0 Å². The fraction of sp³-hybridized carbons (Fsp3) is 0.296. The van der Waals surface area contributed by atoms with Crippen molar-refractivity contribution in [2.45, 2.75) is 19.4 Å². The fourth-order valence-electron chi connectivity index (χ4n) is 4.23. The molecular formula is C27H31N3O2. The van der Waals surface area contributed by atoms with Gasteiger partial charge in [0.1, 0.15) is 11.8 Å². The van der Waals surface area contributed by atoms with Crippen molar-refractivity contribution in [2.75, 3.05) is 43.5 Å². The van der Waals surface area contributed by atoms with Gasteiger partial charge < -0.3 is 19.9 Å². The third-order valence-electron chi connectivity index (χ3n) is 5.98. The number of carbonyl (C=O) groups excluding carboxylic acids is 1. The summed E-state index contributed by atoms with van der Waals surface area (Å²) in [6.45, 7) is 5.12. The highest BCUT2D eigenvalue weighted by atomic mass is 16.5. The first-order valence-corrected chi connectivity index (χ1v) is 11.2. The SMILES string of the molecule is COc1ccc(NC(C)C(=O)N2CCN(c3ccccc3)CC2)cc1Cc1ccccc1. The molecular weight excluding hydrogens is 398 g/mol. The average Bonchev–Trinajstić information content (AvgIpc) is 2.85. The minimum absolute atomic E-state index is 0.137. The van der Waals surface area contributed by atoms with Gasteiger partial charge in [0.25, 0.3) is 0 Å². The Morgan fingerprint density at radius 1 is 0.938 bits per heavy atom. The molecule has 3 aromatic carbocycles. The van der Waals surface area contributed by atoms with E-state index >= 15 is 0 Å². The molecule has 1 atom stereocenters. The Hall–Kier alpha value is -3.47. The molecule has 0 radical (unpaired) electrons. The summed E-state index contributed by atoms with van der Waals surface area (Å²) in [5, 5.41) is 3.40. The molecule has 3 aromatic rings. The summed E-state index contributed by atoms with van der Waals surface area (Å²) in [6.07, 6.45) is 0.781. The molecule has 4 rings (SSSR count). The van der Waals surface area contributed by atoms with Gasteiger partial charge in [-0.2, -0.15) is 0 Å². The number of piperazine rings is 1. The van der Waals surface area contributed by atoms with Crippen LogP contribution in [0.2, 0.25) is 0 Å². The van der Waals surface area contributed by atoms with Gasteiger partial charge in [-0.25, -0.2) is 0 Å². The highest BCUT2D eigenvalue weighted by Crippen LogP contribution is 2.26. The van der Waals surface area contributed by atoms with E-state index in [1.54, 1.807) is 7.11 Å². The molecule has 0 saturated carbocycles. The van der Waals surface area contributed by atoms with Gasteiger partial charge in [0.15, 0.2) is 0 Å². The van der Waals surface area contributed by atoms with Crippen LogP contribution in [0.25, 0.3) is 0 Å². The van der Waals surface area contributed by atoms with Crippen molar-refractivity contribution in [3.8, 4) is 5.75 Å². The van der Waals surface area contributed by atoms with Gasteiger partial charge in [-0.1, -0.05) is 48.5 Å². The number of carbonyl (C=O) groups is 1. The molecule has 32 heavy (non-hydrogen) atoms. The van der Waals surface area contributed by atoms with Crippen LogP contribution in [0.5, 0.6) is 5.75 Å². The molecule has 1 N–H and O–H groups in total. The molecule has 1 unspecified atom stereocenters. The maximum atomic E-state index is 13.1. The van der Waals surface area contributed by atoms with Crippen LogP contribution < -0.4 is 15.0 Å². The van der Waals surface area contributed by atoms with Crippen molar-refractivity contribution in [1.82, 2.24) is 4.90 Å². The van der Waals surface area contributed by atoms with Crippen LogP contribution in [0.4, 0.5) is 11.4 Å². The van der Waals surface area contributed by atoms with Gasteiger partial charge >= 0.3 is 0 Å². The minimum Gasteiger partial charge on any atom is -0.496 e. The van der Waals surface area contributed by atoms with Crippen molar-refractivity contribution in [3.63, 3.8) is 0 Å². The first kappa shape index (κ1) is 21.8. The Labute approximate surface area is 190 Å². The van der Waals surface area contributed by atoms with E-state index in [1.807, 2.05) is 48.2 Å². The molecule has 1 aliphatic rings. The topological polar surface area (TPSA) is 44.8 Å². The minimum atomic E-state index is -0.295. The summed E-state index contributed by atoms with van der Waals surface area (Å²) in [5.74, 6) is 0.994. The molecule has 5 nitrogen and oxygen atoms in total. The lowest BCUT2D eigenvalue weighted by Gasteiger charge is -2.37. The zero-order chi connectivity index (χ0) is 22.3. The molecule has 1 amide bonds. The lowest BCUT2D eigenvalue weighted by atomic mass is 10.0. The molecule has 1 saturated heterocycles. The summed E-state index contributed by atoms with van der Waals surface area (Å²) >= 11 is 0. The molecule has 166 valence electrons. The maximum Gasteiger partial charge on any atom is 0.244 e. The van der Waals surface area contributed by atoms with E-state index in [-0.39, 0.29) is 11.9 Å². The normalized spacial score (nSPS) is 14.7. The molecule has 0 bridgehead atoms. The monoisotopic (exact) mass is 429 g/mol. The summed E-state index contributed by atoms with van der Waals surface area (Å²) in [6, 6.07) is 26.5. The summed E-state index contributed by atoms with van der Waals surface area (Å²) < 4.78 is 5.56. The zero-order valence-corrected chi connectivity index (χ0v) is 18.8. The largest absolute Gasteiger partial charge is 0.496 e. The Bertz CT molecular complexity index is 1020. The maximum absolute atomic E-state index is 13.1. The number of benzene rings is 3. The number of rotatable bonds is 7. The van der Waals surface area contributed by atoms with E-state index in [1.165, 1.54) is 11.3 Å².